The van der Waals surface area contributed by atoms with Crippen LogP contribution in [0, 0.1) is 0 Å². The van der Waals surface area contributed by atoms with Gasteiger partial charge in [0.1, 0.15) is 6.10 Å². The molecule has 3 unspecified atom stereocenters. The molecule has 336 valence electrons. The molecule has 0 aromatic rings. The van der Waals surface area contributed by atoms with Gasteiger partial charge in [0, 0.05) is 6.42 Å². The van der Waals surface area contributed by atoms with Gasteiger partial charge >= 0.3 is 5.97 Å². The van der Waals surface area contributed by atoms with E-state index in [1.54, 1.807) is 0 Å². The van der Waals surface area contributed by atoms with E-state index >= 15 is 0 Å². The number of nitrogens with one attached hydrogen (secondary N) is 1. The highest BCUT2D eigenvalue weighted by atomic mass is 16.5. The van der Waals surface area contributed by atoms with Gasteiger partial charge in [-0.25, -0.2) is 0 Å². The third-order valence-electron chi connectivity index (χ3n) is 11.0. The van der Waals surface area contributed by atoms with Crippen molar-refractivity contribution in [2.24, 2.45) is 0 Å². The van der Waals surface area contributed by atoms with Gasteiger partial charge in [-0.15, -0.1) is 0 Å². The molecule has 0 rings (SSSR count). The van der Waals surface area contributed by atoms with E-state index in [0.717, 1.165) is 57.8 Å². The Kier molecular flexibility index (Phi) is 43.7. The number of hydrogen-bond donors (Lipinski definition) is 3. The second kappa shape index (κ2) is 45.6. The summed E-state index contributed by atoms with van der Waals surface area (Å²) in [6.07, 6.45) is 55.7. The van der Waals surface area contributed by atoms with Crippen LogP contribution in [0.2, 0.25) is 0 Å². The van der Waals surface area contributed by atoms with Gasteiger partial charge in [-0.1, -0.05) is 242 Å². The van der Waals surface area contributed by atoms with Crippen LogP contribution in [0.15, 0.2) is 60.8 Å². The van der Waals surface area contributed by atoms with Gasteiger partial charge in [0.05, 0.1) is 25.2 Å². The first-order valence-electron chi connectivity index (χ1n) is 24.6. The molecule has 58 heavy (non-hydrogen) atoms. The number of amides is 1. The van der Waals surface area contributed by atoms with E-state index in [4.69, 9.17) is 4.74 Å². The van der Waals surface area contributed by atoms with Gasteiger partial charge in [-0.3, -0.25) is 9.59 Å². The predicted molar refractivity (Wildman–Crippen MR) is 250 cm³/mol. The van der Waals surface area contributed by atoms with Crippen LogP contribution in [0.4, 0.5) is 0 Å². The van der Waals surface area contributed by atoms with Gasteiger partial charge in [0.2, 0.25) is 5.91 Å². The summed E-state index contributed by atoms with van der Waals surface area (Å²) in [6.45, 7) is 6.31. The average molecular weight is 812 g/mol. The molecule has 0 bridgehead atoms. The third-order valence-corrected chi connectivity index (χ3v) is 11.0. The number of allylic oxidation sites excluding steroid dienone is 10. The van der Waals surface area contributed by atoms with E-state index in [9.17, 15) is 19.8 Å². The first kappa shape index (κ1) is 55.6. The van der Waals surface area contributed by atoms with Crippen molar-refractivity contribution in [2.45, 2.75) is 251 Å². The quantitative estimate of drug-likeness (QED) is 0.0324. The Morgan fingerprint density at radius 1 is 0.517 bits per heavy atom. The Hall–Kier alpha value is -2.44. The molecular weight excluding hydrogens is 719 g/mol. The molecule has 0 aliphatic carbocycles. The van der Waals surface area contributed by atoms with Crippen LogP contribution < -0.4 is 5.32 Å². The SMILES string of the molecule is CC/C=C/C=C/C=C\C=C/C=C/CCCC(CC(=O)NC(CO)C(O)CCCCCCCCCCCCCCC)OC(=O)CCCCCCCCCCCCCCC. The zero-order chi connectivity index (χ0) is 42.4. The lowest BCUT2D eigenvalue weighted by molar-refractivity contribution is -0.151. The monoisotopic (exact) mass is 812 g/mol. The van der Waals surface area contributed by atoms with E-state index in [2.05, 4.69) is 38.2 Å². The molecule has 0 saturated carbocycles. The number of hydrogen-bond acceptors (Lipinski definition) is 5. The largest absolute Gasteiger partial charge is 0.462 e. The minimum atomic E-state index is -0.805. The Balaban J connectivity index is 4.68. The summed E-state index contributed by atoms with van der Waals surface area (Å²) in [5.74, 6) is -0.543. The molecule has 0 radical (unpaired) electrons. The number of unbranched alkanes of at least 4 members (excludes halogenated alkanes) is 25. The number of carbonyl (C=O) groups excluding carboxylic acids is 2. The maximum absolute atomic E-state index is 13.2. The average Bonchev–Trinajstić information content (AvgIpc) is 3.22. The van der Waals surface area contributed by atoms with Gasteiger partial charge in [-0.05, 0) is 38.5 Å². The minimum absolute atomic E-state index is 0.0294. The summed E-state index contributed by atoms with van der Waals surface area (Å²) < 4.78 is 5.88. The lowest BCUT2D eigenvalue weighted by Gasteiger charge is -2.24. The molecule has 0 aromatic heterocycles. The summed E-state index contributed by atoms with van der Waals surface area (Å²) in [5.41, 5.74) is 0. The van der Waals surface area contributed by atoms with E-state index in [-0.39, 0.29) is 24.9 Å². The maximum Gasteiger partial charge on any atom is 0.306 e. The standard InChI is InChI=1S/C52H93NO5/c1-4-7-10-13-16-19-22-25-28-31-34-37-40-43-48(58-52(57)45-42-39-36-33-30-27-24-21-18-15-12-9-6-3)46-51(56)53-49(47-54)50(55)44-41-38-35-32-29-26-23-20-17-14-11-8-5-2/h7,10,13,16,19,22,25,28,31,34,48-50,54-55H,4-6,8-9,11-12,14-15,17-18,20-21,23-24,26-27,29-30,32-33,35-47H2,1-3H3,(H,53,56)/b10-7+,16-13+,22-19-,28-25-,34-31+. The molecule has 6 nitrogen and oxygen atoms in total. The highest BCUT2D eigenvalue weighted by Gasteiger charge is 2.24. The highest BCUT2D eigenvalue weighted by Crippen LogP contribution is 2.17. The number of carbonyl (C=O) groups is 2. The van der Waals surface area contributed by atoms with Crippen molar-refractivity contribution in [3.05, 3.63) is 60.8 Å². The number of aliphatic hydroxyl groups excluding tert-OH is 2. The maximum atomic E-state index is 13.2. The van der Waals surface area contributed by atoms with Crippen LogP contribution in [0.3, 0.4) is 0 Å². The molecule has 0 aliphatic rings. The Morgan fingerprint density at radius 2 is 0.931 bits per heavy atom. The molecule has 0 fully saturated rings. The van der Waals surface area contributed by atoms with Crippen molar-refractivity contribution in [2.75, 3.05) is 6.61 Å². The van der Waals surface area contributed by atoms with Crippen molar-refractivity contribution in [1.29, 1.82) is 0 Å². The Bertz CT molecular complexity index is 1050. The van der Waals surface area contributed by atoms with Gasteiger partial charge in [-0.2, -0.15) is 0 Å². The number of rotatable bonds is 43. The predicted octanol–water partition coefficient (Wildman–Crippen LogP) is 14.5. The zero-order valence-electron chi connectivity index (χ0n) is 38.2. The Morgan fingerprint density at radius 3 is 1.38 bits per heavy atom. The van der Waals surface area contributed by atoms with Crippen LogP contribution in [0.5, 0.6) is 0 Å². The second-order valence-electron chi connectivity index (χ2n) is 16.6. The third kappa shape index (κ3) is 40.3. The lowest BCUT2D eigenvalue weighted by Crippen LogP contribution is -2.46. The first-order chi connectivity index (χ1) is 28.5. The lowest BCUT2D eigenvalue weighted by atomic mass is 10.0. The smallest absolute Gasteiger partial charge is 0.306 e. The van der Waals surface area contributed by atoms with E-state index in [0.29, 0.717) is 19.3 Å². The van der Waals surface area contributed by atoms with Gasteiger partial charge in [0.15, 0.2) is 0 Å². The summed E-state index contributed by atoms with van der Waals surface area (Å²) in [4.78, 5) is 26.0. The van der Waals surface area contributed by atoms with Gasteiger partial charge < -0.3 is 20.3 Å². The molecule has 0 heterocycles. The van der Waals surface area contributed by atoms with Crippen molar-refractivity contribution in [3.63, 3.8) is 0 Å². The number of esters is 1. The zero-order valence-corrected chi connectivity index (χ0v) is 38.2. The van der Waals surface area contributed by atoms with Crippen LogP contribution >= 0.6 is 0 Å². The molecule has 0 aliphatic heterocycles. The molecule has 3 N–H and O–H groups in total. The van der Waals surface area contributed by atoms with Crippen LogP contribution in [0.25, 0.3) is 0 Å². The molecular formula is C52H93NO5. The molecule has 0 saturated heterocycles. The molecule has 0 aromatic carbocycles. The summed E-state index contributed by atoms with van der Waals surface area (Å²) in [5, 5.41) is 23.7. The van der Waals surface area contributed by atoms with E-state index < -0.39 is 18.2 Å². The highest BCUT2D eigenvalue weighted by molar-refractivity contribution is 5.77. The van der Waals surface area contributed by atoms with Crippen LogP contribution in [-0.2, 0) is 14.3 Å². The molecule has 6 heteroatoms. The number of ether oxygens (including phenoxy) is 1. The summed E-state index contributed by atoms with van der Waals surface area (Å²) in [7, 11) is 0. The number of aliphatic hydroxyl groups is 2. The van der Waals surface area contributed by atoms with E-state index in [1.165, 1.54) is 128 Å². The van der Waals surface area contributed by atoms with Crippen LogP contribution in [0.1, 0.15) is 233 Å². The topological polar surface area (TPSA) is 95.9 Å². The molecule has 3 atom stereocenters. The molecule has 0 spiro atoms. The fraction of sp³-hybridized carbons (Fsp3) is 0.769. The fourth-order valence-corrected chi connectivity index (χ4v) is 7.28. The van der Waals surface area contributed by atoms with E-state index in [1.807, 2.05) is 48.6 Å². The Labute approximate surface area is 358 Å². The normalized spacial score (nSPS) is 13.8. The van der Waals surface area contributed by atoms with Crippen molar-refractivity contribution in [3.8, 4) is 0 Å². The summed E-state index contributed by atoms with van der Waals surface area (Å²) in [6, 6.07) is -0.723. The first-order valence-corrected chi connectivity index (χ1v) is 24.6. The van der Waals surface area contributed by atoms with Crippen molar-refractivity contribution >= 4 is 11.9 Å². The van der Waals surface area contributed by atoms with Crippen LogP contribution in [-0.4, -0.2) is 46.9 Å². The van der Waals surface area contributed by atoms with Gasteiger partial charge in [0.25, 0.3) is 0 Å². The fourth-order valence-electron chi connectivity index (χ4n) is 7.28. The minimum Gasteiger partial charge on any atom is -0.462 e. The molecule has 1 amide bonds. The van der Waals surface area contributed by atoms with Crippen molar-refractivity contribution in [1.82, 2.24) is 5.32 Å². The summed E-state index contributed by atoms with van der Waals surface area (Å²) >= 11 is 0. The van der Waals surface area contributed by atoms with Crippen molar-refractivity contribution < 1.29 is 24.5 Å². The second-order valence-corrected chi connectivity index (χ2v) is 16.6.